The Balaban J connectivity index is 1.43. The molecule has 0 fully saturated rings. The third kappa shape index (κ3) is 4.58. The average molecular weight is 459 g/mol. The number of nitrogens with one attached hydrogen (secondary N) is 2. The number of hydrogen-bond acceptors (Lipinski definition) is 2. The molecule has 0 atom stereocenters. The standard InChI is InChI=1S/C25H19BrN2O2/c26-23-11-5-8-20-21(23)9-4-10-22(20)25(30)28-19-14-12-18(13-15-19)27-24(29)16-17-6-2-1-3-7-17/h1-15H,16H2,(H,27,29)(H,28,30). The maximum atomic E-state index is 12.8. The summed E-state index contributed by atoms with van der Waals surface area (Å²) in [5.41, 5.74) is 2.91. The Bertz CT molecular complexity index is 1200. The molecule has 4 nitrogen and oxygen atoms in total. The highest BCUT2D eigenvalue weighted by Crippen LogP contribution is 2.27. The number of carbonyl (C=O) groups excluding carboxylic acids is 2. The van der Waals surface area contributed by atoms with Crippen molar-refractivity contribution in [2.45, 2.75) is 6.42 Å². The number of hydrogen-bond donors (Lipinski definition) is 2. The van der Waals surface area contributed by atoms with Gasteiger partial charge in [0.25, 0.3) is 5.91 Å². The highest BCUT2D eigenvalue weighted by molar-refractivity contribution is 9.10. The van der Waals surface area contributed by atoms with E-state index in [4.69, 9.17) is 0 Å². The Labute approximate surface area is 183 Å². The molecule has 5 heteroatoms. The molecule has 4 aromatic carbocycles. The Morgan fingerprint density at radius 3 is 2.03 bits per heavy atom. The summed E-state index contributed by atoms with van der Waals surface area (Å²) in [6.45, 7) is 0. The van der Waals surface area contributed by atoms with Gasteiger partial charge < -0.3 is 10.6 Å². The van der Waals surface area contributed by atoms with Gasteiger partial charge in [0.1, 0.15) is 0 Å². The molecular formula is C25H19BrN2O2. The Morgan fingerprint density at radius 2 is 1.30 bits per heavy atom. The van der Waals surface area contributed by atoms with Crippen LogP contribution in [0.2, 0.25) is 0 Å². The molecular weight excluding hydrogens is 440 g/mol. The van der Waals surface area contributed by atoms with E-state index < -0.39 is 0 Å². The zero-order valence-corrected chi connectivity index (χ0v) is 17.6. The van der Waals surface area contributed by atoms with Crippen LogP contribution < -0.4 is 10.6 Å². The largest absolute Gasteiger partial charge is 0.326 e. The molecule has 0 bridgehead atoms. The van der Waals surface area contributed by atoms with E-state index in [2.05, 4.69) is 26.6 Å². The number of halogens is 1. The molecule has 2 N–H and O–H groups in total. The predicted molar refractivity (Wildman–Crippen MR) is 125 cm³/mol. The Kier molecular flexibility index (Phi) is 5.91. The zero-order valence-electron chi connectivity index (χ0n) is 16.1. The molecule has 4 rings (SSSR count). The van der Waals surface area contributed by atoms with Gasteiger partial charge in [-0.3, -0.25) is 9.59 Å². The summed E-state index contributed by atoms with van der Waals surface area (Å²) in [6, 6.07) is 28.1. The number of anilines is 2. The molecule has 0 saturated carbocycles. The molecule has 0 spiro atoms. The van der Waals surface area contributed by atoms with E-state index in [9.17, 15) is 9.59 Å². The van der Waals surface area contributed by atoms with E-state index in [1.54, 1.807) is 24.3 Å². The molecule has 0 heterocycles. The summed E-state index contributed by atoms with van der Waals surface area (Å²) >= 11 is 3.53. The monoisotopic (exact) mass is 458 g/mol. The highest BCUT2D eigenvalue weighted by atomic mass is 79.9. The quantitative estimate of drug-likeness (QED) is 0.383. The van der Waals surface area contributed by atoms with Gasteiger partial charge in [-0.15, -0.1) is 0 Å². The van der Waals surface area contributed by atoms with Crippen LogP contribution in [0.5, 0.6) is 0 Å². The van der Waals surface area contributed by atoms with Gasteiger partial charge in [-0.25, -0.2) is 0 Å². The van der Waals surface area contributed by atoms with Crippen LogP contribution in [-0.2, 0) is 11.2 Å². The number of amides is 2. The first-order chi connectivity index (χ1) is 14.6. The number of carbonyl (C=O) groups is 2. The molecule has 148 valence electrons. The van der Waals surface area contributed by atoms with Crippen molar-refractivity contribution in [3.05, 3.63) is 107 Å². The van der Waals surface area contributed by atoms with Gasteiger partial charge in [-0.05, 0) is 52.7 Å². The smallest absolute Gasteiger partial charge is 0.256 e. The highest BCUT2D eigenvalue weighted by Gasteiger charge is 2.11. The molecule has 2 amide bonds. The fourth-order valence-corrected chi connectivity index (χ4v) is 3.79. The van der Waals surface area contributed by atoms with Crippen molar-refractivity contribution in [2.75, 3.05) is 10.6 Å². The van der Waals surface area contributed by atoms with E-state index in [1.165, 1.54) is 0 Å². The minimum atomic E-state index is -0.181. The van der Waals surface area contributed by atoms with Crippen molar-refractivity contribution in [1.29, 1.82) is 0 Å². The molecule has 0 radical (unpaired) electrons. The first-order valence-corrected chi connectivity index (χ1v) is 10.3. The van der Waals surface area contributed by atoms with Crippen LogP contribution in [0, 0.1) is 0 Å². The maximum absolute atomic E-state index is 12.8. The molecule has 0 aliphatic rings. The lowest BCUT2D eigenvalue weighted by Crippen LogP contribution is -2.15. The minimum Gasteiger partial charge on any atom is -0.326 e. The zero-order chi connectivity index (χ0) is 20.9. The number of rotatable bonds is 5. The van der Waals surface area contributed by atoms with E-state index in [-0.39, 0.29) is 11.8 Å². The molecule has 0 unspecified atom stereocenters. The normalized spacial score (nSPS) is 10.6. The summed E-state index contributed by atoms with van der Waals surface area (Å²) in [7, 11) is 0. The van der Waals surface area contributed by atoms with Crippen molar-refractivity contribution in [3.63, 3.8) is 0 Å². The second-order valence-corrected chi connectivity index (χ2v) is 7.74. The van der Waals surface area contributed by atoms with Crippen LogP contribution in [0.15, 0.2) is 95.5 Å². The maximum Gasteiger partial charge on any atom is 0.256 e. The van der Waals surface area contributed by atoms with Gasteiger partial charge in [0.05, 0.1) is 6.42 Å². The van der Waals surface area contributed by atoms with Crippen molar-refractivity contribution in [1.82, 2.24) is 0 Å². The third-order valence-electron chi connectivity index (χ3n) is 4.75. The van der Waals surface area contributed by atoms with Gasteiger partial charge in [0.15, 0.2) is 0 Å². The van der Waals surface area contributed by atoms with Crippen LogP contribution in [0.3, 0.4) is 0 Å². The summed E-state index contributed by atoms with van der Waals surface area (Å²) in [6.07, 6.45) is 0.315. The van der Waals surface area contributed by atoms with Crippen LogP contribution in [0.4, 0.5) is 11.4 Å². The van der Waals surface area contributed by atoms with E-state index in [1.807, 2.05) is 66.7 Å². The van der Waals surface area contributed by atoms with Crippen LogP contribution in [0.25, 0.3) is 10.8 Å². The van der Waals surface area contributed by atoms with Crippen LogP contribution in [-0.4, -0.2) is 11.8 Å². The SMILES string of the molecule is O=C(Cc1ccccc1)Nc1ccc(NC(=O)c2cccc3c(Br)cccc23)cc1. The lowest BCUT2D eigenvalue weighted by atomic mass is 10.0. The minimum absolute atomic E-state index is 0.0840. The second kappa shape index (κ2) is 8.93. The molecule has 0 saturated heterocycles. The van der Waals surface area contributed by atoms with E-state index in [0.717, 1.165) is 20.8 Å². The first-order valence-electron chi connectivity index (χ1n) is 9.52. The van der Waals surface area contributed by atoms with Crippen molar-refractivity contribution < 1.29 is 9.59 Å². The van der Waals surface area contributed by atoms with Gasteiger partial charge in [0, 0.05) is 21.4 Å². The van der Waals surface area contributed by atoms with E-state index in [0.29, 0.717) is 23.4 Å². The van der Waals surface area contributed by atoms with Crippen molar-refractivity contribution in [3.8, 4) is 0 Å². The molecule has 0 aromatic heterocycles. The second-order valence-electron chi connectivity index (χ2n) is 6.88. The third-order valence-corrected chi connectivity index (χ3v) is 5.44. The summed E-state index contributed by atoms with van der Waals surface area (Å²) in [5.74, 6) is -0.265. The van der Waals surface area contributed by atoms with Crippen molar-refractivity contribution >= 4 is 49.9 Å². The number of benzene rings is 4. The summed E-state index contributed by atoms with van der Waals surface area (Å²) in [5, 5.41) is 7.67. The van der Waals surface area contributed by atoms with Crippen LogP contribution in [0.1, 0.15) is 15.9 Å². The first kappa shape index (κ1) is 19.9. The summed E-state index contributed by atoms with van der Waals surface area (Å²) < 4.78 is 0.949. The molecule has 4 aromatic rings. The van der Waals surface area contributed by atoms with Crippen LogP contribution >= 0.6 is 15.9 Å². The fraction of sp³-hybridized carbons (Fsp3) is 0.0400. The average Bonchev–Trinajstić information content (AvgIpc) is 2.76. The lowest BCUT2D eigenvalue weighted by Gasteiger charge is -2.10. The van der Waals surface area contributed by atoms with E-state index >= 15 is 0 Å². The van der Waals surface area contributed by atoms with Gasteiger partial charge in [-0.2, -0.15) is 0 Å². The molecule has 0 aliphatic carbocycles. The summed E-state index contributed by atoms with van der Waals surface area (Å²) in [4.78, 5) is 25.0. The molecule has 30 heavy (non-hydrogen) atoms. The lowest BCUT2D eigenvalue weighted by molar-refractivity contribution is -0.115. The molecule has 0 aliphatic heterocycles. The predicted octanol–water partition coefficient (Wildman–Crippen LogP) is 6.04. The van der Waals surface area contributed by atoms with Gasteiger partial charge in [0.2, 0.25) is 5.91 Å². The van der Waals surface area contributed by atoms with Crippen molar-refractivity contribution in [2.24, 2.45) is 0 Å². The number of fused-ring (bicyclic) bond motifs is 1. The Hall–Kier alpha value is -3.44. The topological polar surface area (TPSA) is 58.2 Å². The Morgan fingerprint density at radius 1 is 0.667 bits per heavy atom. The fourth-order valence-electron chi connectivity index (χ4n) is 3.29. The van der Waals surface area contributed by atoms with Gasteiger partial charge >= 0.3 is 0 Å². The van der Waals surface area contributed by atoms with Gasteiger partial charge in [-0.1, -0.05) is 70.5 Å².